The Morgan fingerprint density at radius 2 is 1.81 bits per heavy atom. The van der Waals surface area contributed by atoms with Gasteiger partial charge in [0.25, 0.3) is 5.91 Å². The Hall–Kier alpha value is -3.61. The number of ether oxygens (including phenoxy) is 1. The van der Waals surface area contributed by atoms with Crippen molar-refractivity contribution in [2.75, 3.05) is 13.7 Å². The quantitative estimate of drug-likeness (QED) is 0.668. The maximum atomic E-state index is 12.6. The van der Waals surface area contributed by atoms with Crippen LogP contribution in [0.4, 0.5) is 0 Å². The summed E-state index contributed by atoms with van der Waals surface area (Å²) in [5.41, 5.74) is 7.69. The lowest BCUT2D eigenvalue weighted by molar-refractivity contribution is -0.117. The van der Waals surface area contributed by atoms with Crippen molar-refractivity contribution in [3.63, 3.8) is 0 Å². The standard InChI is InChI=1S/C20H20N4O3/c1-27-17-10-6-5-9-15(17)19-16(20(26)22-11-18(21)25)13-24(23-19)12-14-7-3-2-4-8-14/h2-10,13H,11-12H2,1H3,(H2,21,25)(H,22,26). The molecule has 0 bridgehead atoms. The van der Waals surface area contributed by atoms with E-state index >= 15 is 0 Å². The zero-order chi connectivity index (χ0) is 19.2. The molecule has 2 amide bonds. The Labute approximate surface area is 156 Å². The number of rotatable bonds is 7. The highest BCUT2D eigenvalue weighted by Crippen LogP contribution is 2.31. The number of para-hydroxylation sites is 1. The maximum absolute atomic E-state index is 12.6. The van der Waals surface area contributed by atoms with E-state index in [9.17, 15) is 9.59 Å². The van der Waals surface area contributed by atoms with Crippen LogP contribution >= 0.6 is 0 Å². The average molecular weight is 364 g/mol. The third kappa shape index (κ3) is 4.33. The van der Waals surface area contributed by atoms with Gasteiger partial charge in [0.15, 0.2) is 0 Å². The number of methoxy groups -OCH3 is 1. The summed E-state index contributed by atoms with van der Waals surface area (Å²) >= 11 is 0. The smallest absolute Gasteiger partial charge is 0.255 e. The molecule has 0 fully saturated rings. The van der Waals surface area contributed by atoms with E-state index < -0.39 is 11.8 Å². The molecule has 138 valence electrons. The van der Waals surface area contributed by atoms with Crippen molar-refractivity contribution in [1.82, 2.24) is 15.1 Å². The van der Waals surface area contributed by atoms with Gasteiger partial charge in [-0.2, -0.15) is 5.10 Å². The lowest BCUT2D eigenvalue weighted by Gasteiger charge is -2.08. The largest absolute Gasteiger partial charge is 0.496 e. The molecule has 1 aromatic heterocycles. The molecule has 0 saturated heterocycles. The number of benzene rings is 2. The molecule has 0 aliphatic carbocycles. The molecule has 0 atom stereocenters. The first-order valence-corrected chi connectivity index (χ1v) is 8.39. The van der Waals surface area contributed by atoms with Gasteiger partial charge in [0, 0.05) is 11.8 Å². The first-order chi connectivity index (χ1) is 13.1. The molecular formula is C20H20N4O3. The molecule has 1 heterocycles. The zero-order valence-electron chi connectivity index (χ0n) is 14.9. The minimum Gasteiger partial charge on any atom is -0.496 e. The fraction of sp³-hybridized carbons (Fsp3) is 0.150. The SMILES string of the molecule is COc1ccccc1-c1nn(Cc2ccccc2)cc1C(=O)NCC(N)=O. The fourth-order valence-electron chi connectivity index (χ4n) is 2.74. The highest BCUT2D eigenvalue weighted by Gasteiger charge is 2.20. The number of carbonyl (C=O) groups is 2. The number of hydrogen-bond donors (Lipinski definition) is 2. The number of amides is 2. The molecule has 7 heteroatoms. The molecule has 0 aliphatic rings. The summed E-state index contributed by atoms with van der Waals surface area (Å²) in [6.45, 7) is 0.264. The minimum absolute atomic E-state index is 0.242. The Balaban J connectivity index is 2.01. The third-order valence-electron chi connectivity index (χ3n) is 3.98. The second-order valence-electron chi connectivity index (χ2n) is 5.92. The molecule has 0 aliphatic heterocycles. The summed E-state index contributed by atoms with van der Waals surface area (Å²) in [6, 6.07) is 17.1. The Morgan fingerprint density at radius 3 is 2.52 bits per heavy atom. The second kappa shape index (κ2) is 8.18. The van der Waals surface area contributed by atoms with E-state index in [1.54, 1.807) is 24.1 Å². The van der Waals surface area contributed by atoms with Gasteiger partial charge >= 0.3 is 0 Å². The van der Waals surface area contributed by atoms with E-state index in [1.165, 1.54) is 0 Å². The van der Waals surface area contributed by atoms with Crippen molar-refractivity contribution in [3.8, 4) is 17.0 Å². The van der Waals surface area contributed by atoms with Crippen molar-refractivity contribution in [2.45, 2.75) is 6.54 Å². The van der Waals surface area contributed by atoms with Gasteiger partial charge in [-0.1, -0.05) is 42.5 Å². The third-order valence-corrected chi connectivity index (χ3v) is 3.98. The summed E-state index contributed by atoms with van der Waals surface area (Å²) in [5, 5.41) is 7.11. The van der Waals surface area contributed by atoms with Crippen LogP contribution in [0.25, 0.3) is 11.3 Å². The number of primary amides is 1. The van der Waals surface area contributed by atoms with Gasteiger partial charge in [-0.3, -0.25) is 14.3 Å². The van der Waals surface area contributed by atoms with Crippen molar-refractivity contribution in [1.29, 1.82) is 0 Å². The van der Waals surface area contributed by atoms with Crippen LogP contribution in [0.15, 0.2) is 60.8 Å². The van der Waals surface area contributed by atoms with Crippen LogP contribution in [0, 0.1) is 0 Å². The highest BCUT2D eigenvalue weighted by atomic mass is 16.5. The molecule has 3 aromatic rings. The van der Waals surface area contributed by atoms with Crippen LogP contribution in [-0.4, -0.2) is 35.2 Å². The molecule has 2 aromatic carbocycles. The number of aromatic nitrogens is 2. The van der Waals surface area contributed by atoms with Gasteiger partial charge in [0.05, 0.1) is 25.8 Å². The highest BCUT2D eigenvalue weighted by molar-refractivity contribution is 6.01. The topological polar surface area (TPSA) is 99.2 Å². The van der Waals surface area contributed by atoms with E-state index in [2.05, 4.69) is 10.4 Å². The van der Waals surface area contributed by atoms with E-state index in [0.717, 1.165) is 5.56 Å². The van der Waals surface area contributed by atoms with Crippen LogP contribution in [0.2, 0.25) is 0 Å². The summed E-state index contributed by atoms with van der Waals surface area (Å²) in [5.74, 6) is -0.431. The molecule has 0 unspecified atom stereocenters. The average Bonchev–Trinajstić information content (AvgIpc) is 3.10. The van der Waals surface area contributed by atoms with Crippen LogP contribution in [0.1, 0.15) is 15.9 Å². The predicted octanol–water partition coefficient (Wildman–Crippen LogP) is 1.82. The molecular weight excluding hydrogens is 344 g/mol. The minimum atomic E-state index is -0.612. The number of nitrogens with one attached hydrogen (secondary N) is 1. The lowest BCUT2D eigenvalue weighted by atomic mass is 10.1. The molecule has 3 rings (SSSR count). The molecule has 0 spiro atoms. The van der Waals surface area contributed by atoms with Crippen LogP contribution < -0.4 is 15.8 Å². The number of hydrogen-bond acceptors (Lipinski definition) is 4. The van der Waals surface area contributed by atoms with E-state index in [1.807, 2.05) is 48.5 Å². The van der Waals surface area contributed by atoms with Crippen LogP contribution in [0.3, 0.4) is 0 Å². The van der Waals surface area contributed by atoms with Crippen molar-refractivity contribution in [3.05, 3.63) is 71.9 Å². The van der Waals surface area contributed by atoms with E-state index in [-0.39, 0.29) is 6.54 Å². The van der Waals surface area contributed by atoms with E-state index in [0.29, 0.717) is 29.1 Å². The second-order valence-corrected chi connectivity index (χ2v) is 5.92. The zero-order valence-corrected chi connectivity index (χ0v) is 14.9. The summed E-state index contributed by atoms with van der Waals surface area (Å²) in [7, 11) is 1.56. The Bertz CT molecular complexity index is 951. The van der Waals surface area contributed by atoms with Gasteiger partial charge in [-0.05, 0) is 17.7 Å². The molecule has 27 heavy (non-hydrogen) atoms. The first kappa shape index (κ1) is 18.2. The predicted molar refractivity (Wildman–Crippen MR) is 101 cm³/mol. The maximum Gasteiger partial charge on any atom is 0.255 e. The molecule has 3 N–H and O–H groups in total. The number of nitrogens with zero attached hydrogens (tertiary/aromatic N) is 2. The van der Waals surface area contributed by atoms with Gasteiger partial charge < -0.3 is 15.8 Å². The van der Waals surface area contributed by atoms with Gasteiger partial charge in [-0.25, -0.2) is 0 Å². The van der Waals surface area contributed by atoms with Crippen molar-refractivity contribution < 1.29 is 14.3 Å². The monoisotopic (exact) mass is 364 g/mol. The van der Waals surface area contributed by atoms with E-state index in [4.69, 9.17) is 10.5 Å². The molecule has 0 saturated carbocycles. The Kier molecular flexibility index (Phi) is 5.51. The summed E-state index contributed by atoms with van der Waals surface area (Å²) in [6.07, 6.45) is 1.66. The van der Waals surface area contributed by atoms with Crippen molar-refractivity contribution >= 4 is 11.8 Å². The normalized spacial score (nSPS) is 10.4. The number of carbonyl (C=O) groups excluding carboxylic acids is 2. The summed E-state index contributed by atoms with van der Waals surface area (Å²) < 4.78 is 7.10. The Morgan fingerprint density at radius 1 is 1.11 bits per heavy atom. The van der Waals surface area contributed by atoms with Crippen molar-refractivity contribution in [2.24, 2.45) is 5.73 Å². The van der Waals surface area contributed by atoms with Crippen LogP contribution in [-0.2, 0) is 11.3 Å². The van der Waals surface area contributed by atoms with Gasteiger partial charge in [0.2, 0.25) is 5.91 Å². The number of nitrogens with two attached hydrogens (primary N) is 1. The molecule has 0 radical (unpaired) electrons. The first-order valence-electron chi connectivity index (χ1n) is 8.39. The summed E-state index contributed by atoms with van der Waals surface area (Å²) in [4.78, 5) is 23.6. The van der Waals surface area contributed by atoms with Crippen LogP contribution in [0.5, 0.6) is 5.75 Å². The van der Waals surface area contributed by atoms with Gasteiger partial charge in [-0.15, -0.1) is 0 Å². The molecule has 7 nitrogen and oxygen atoms in total. The van der Waals surface area contributed by atoms with Gasteiger partial charge in [0.1, 0.15) is 11.4 Å². The fourth-order valence-corrected chi connectivity index (χ4v) is 2.74. The lowest BCUT2D eigenvalue weighted by Crippen LogP contribution is -2.33.